The maximum Gasteiger partial charge on any atom is 0.418 e. The predicted molar refractivity (Wildman–Crippen MR) is 142 cm³/mol. The van der Waals surface area contributed by atoms with Crippen LogP contribution in [0.25, 0.3) is 21.0 Å². The van der Waals surface area contributed by atoms with Gasteiger partial charge in [0.15, 0.2) is 0 Å². The van der Waals surface area contributed by atoms with Crippen LogP contribution >= 0.6 is 22.9 Å². The zero-order chi connectivity index (χ0) is 26.5. The molecule has 1 aliphatic heterocycles. The molecule has 0 atom stereocenters. The van der Waals surface area contributed by atoms with Crippen LogP contribution in [0.3, 0.4) is 0 Å². The topological polar surface area (TPSA) is 102 Å². The molecule has 5 rings (SSSR count). The summed E-state index contributed by atoms with van der Waals surface area (Å²) < 4.78 is 35.6. The molecule has 1 amide bonds. The first kappa shape index (κ1) is 25.7. The average molecular weight is 561 g/mol. The highest BCUT2D eigenvalue weighted by Gasteiger charge is 2.34. The number of carbonyl (C=O) groups is 2. The monoisotopic (exact) mass is 560 g/mol. The Hall–Kier alpha value is -2.99. The Kier molecular flexibility index (Phi) is 6.51. The number of carbonyl (C=O) groups excluding carboxylic acids is 2. The van der Waals surface area contributed by atoms with Gasteiger partial charge in [0.05, 0.1) is 24.3 Å². The fraction of sp³-hybridized carbons (Fsp3) is 0.320. The molecule has 4 heterocycles. The molecule has 12 heteroatoms. The number of sulfonamides is 1. The van der Waals surface area contributed by atoms with E-state index in [1.54, 1.807) is 74.5 Å². The van der Waals surface area contributed by atoms with Crippen molar-refractivity contribution in [3.8, 4) is 0 Å². The lowest BCUT2D eigenvalue weighted by Crippen LogP contribution is -2.51. The number of fused-ring (bicyclic) bond motifs is 2. The second-order valence-electron chi connectivity index (χ2n) is 9.76. The second-order valence-corrected chi connectivity index (χ2v) is 13.4. The number of hydrogen-bond acceptors (Lipinski definition) is 7. The van der Waals surface area contributed by atoms with E-state index < -0.39 is 21.7 Å². The molecule has 3 aromatic heterocycles. The lowest BCUT2D eigenvalue weighted by atomic mass is 10.2. The van der Waals surface area contributed by atoms with Crippen LogP contribution in [0.4, 0.5) is 4.79 Å². The van der Waals surface area contributed by atoms with Crippen LogP contribution in [-0.2, 0) is 26.1 Å². The molecule has 0 saturated carbocycles. The third-order valence-electron chi connectivity index (χ3n) is 5.97. The zero-order valence-corrected chi connectivity index (χ0v) is 22.9. The van der Waals surface area contributed by atoms with Crippen molar-refractivity contribution in [3.63, 3.8) is 0 Å². The molecule has 0 N–H and O–H groups in total. The molecule has 4 aromatic rings. The Morgan fingerprint density at radius 2 is 1.95 bits per heavy atom. The summed E-state index contributed by atoms with van der Waals surface area (Å²) in [6.45, 7) is 5.72. The van der Waals surface area contributed by atoms with Gasteiger partial charge in [-0.25, -0.2) is 13.2 Å². The van der Waals surface area contributed by atoms with Gasteiger partial charge in [-0.3, -0.25) is 14.3 Å². The van der Waals surface area contributed by atoms with E-state index in [0.29, 0.717) is 16.2 Å². The van der Waals surface area contributed by atoms with E-state index in [9.17, 15) is 18.0 Å². The molecule has 1 saturated heterocycles. The van der Waals surface area contributed by atoms with Crippen LogP contribution in [0.1, 0.15) is 26.5 Å². The summed E-state index contributed by atoms with van der Waals surface area (Å²) in [5.41, 5.74) is 0.599. The first-order chi connectivity index (χ1) is 17.4. The number of ether oxygens (including phenoxy) is 1. The van der Waals surface area contributed by atoms with E-state index in [2.05, 4.69) is 4.98 Å². The lowest BCUT2D eigenvalue weighted by Gasteiger charge is -2.33. The Bertz CT molecular complexity index is 1640. The van der Waals surface area contributed by atoms with Gasteiger partial charge in [-0.2, -0.15) is 4.31 Å². The van der Waals surface area contributed by atoms with E-state index in [-0.39, 0.29) is 36.3 Å². The summed E-state index contributed by atoms with van der Waals surface area (Å²) in [6.07, 6.45) is 2.70. The van der Waals surface area contributed by atoms with Gasteiger partial charge in [0, 0.05) is 40.6 Å². The van der Waals surface area contributed by atoms with Gasteiger partial charge in [-0.15, -0.1) is 11.3 Å². The highest BCUT2D eigenvalue weighted by molar-refractivity contribution is 7.91. The standard InChI is InChI=1S/C25H25ClN4O5S2/c1-25(2,3)35-24(32)30-9-7-18-19(27-8-6-20(18)30)14-28-10-11-29(15-22(28)31)37(33,34)23-12-16-4-5-17(26)13-21(16)36-23/h4-9,12-13H,10-11,14-15H2,1-3H3. The number of pyridine rings is 1. The van der Waals surface area contributed by atoms with Crippen molar-refractivity contribution < 1.29 is 22.7 Å². The molecule has 1 fully saturated rings. The minimum Gasteiger partial charge on any atom is -0.443 e. The van der Waals surface area contributed by atoms with Crippen molar-refractivity contribution >= 4 is 66.0 Å². The van der Waals surface area contributed by atoms with Gasteiger partial charge >= 0.3 is 6.09 Å². The molecule has 0 aliphatic carbocycles. The average Bonchev–Trinajstić information content (AvgIpc) is 3.44. The normalized spacial score (nSPS) is 15.6. The molecular formula is C25H25ClN4O5S2. The Balaban J connectivity index is 1.32. The van der Waals surface area contributed by atoms with E-state index >= 15 is 0 Å². The smallest absolute Gasteiger partial charge is 0.418 e. The van der Waals surface area contributed by atoms with Crippen LogP contribution in [0.2, 0.25) is 5.02 Å². The van der Waals surface area contributed by atoms with Gasteiger partial charge in [0.1, 0.15) is 9.81 Å². The summed E-state index contributed by atoms with van der Waals surface area (Å²) in [6, 6.07) is 10.3. The largest absolute Gasteiger partial charge is 0.443 e. The molecule has 1 aromatic carbocycles. The fourth-order valence-corrected chi connectivity index (χ4v) is 7.41. The number of benzene rings is 1. The minimum atomic E-state index is -3.83. The molecule has 0 spiro atoms. The van der Waals surface area contributed by atoms with Gasteiger partial charge in [-0.1, -0.05) is 17.7 Å². The van der Waals surface area contributed by atoms with Crippen LogP contribution in [0, 0.1) is 0 Å². The third-order valence-corrected chi connectivity index (χ3v) is 9.59. The van der Waals surface area contributed by atoms with Gasteiger partial charge in [0.25, 0.3) is 10.0 Å². The first-order valence-electron chi connectivity index (χ1n) is 11.6. The number of amides is 1. The number of piperazine rings is 1. The van der Waals surface area contributed by atoms with E-state index in [1.807, 2.05) is 0 Å². The Morgan fingerprint density at radius 3 is 2.68 bits per heavy atom. The molecule has 0 radical (unpaired) electrons. The number of aromatic nitrogens is 2. The summed E-state index contributed by atoms with van der Waals surface area (Å²) >= 11 is 7.18. The summed E-state index contributed by atoms with van der Waals surface area (Å²) in [5, 5.41) is 2.04. The van der Waals surface area contributed by atoms with Crippen molar-refractivity contribution in [2.75, 3.05) is 19.6 Å². The van der Waals surface area contributed by atoms with Gasteiger partial charge in [0.2, 0.25) is 5.91 Å². The van der Waals surface area contributed by atoms with E-state index in [4.69, 9.17) is 16.3 Å². The molecular weight excluding hydrogens is 536 g/mol. The van der Waals surface area contributed by atoms with Crippen molar-refractivity contribution in [2.24, 2.45) is 0 Å². The quantitative estimate of drug-likeness (QED) is 0.358. The summed E-state index contributed by atoms with van der Waals surface area (Å²) in [7, 11) is -3.83. The van der Waals surface area contributed by atoms with Crippen LogP contribution < -0.4 is 0 Å². The molecule has 0 bridgehead atoms. The van der Waals surface area contributed by atoms with Crippen LogP contribution in [0.15, 0.2) is 53.0 Å². The highest BCUT2D eigenvalue weighted by atomic mass is 35.5. The number of rotatable bonds is 4. The van der Waals surface area contributed by atoms with Crippen molar-refractivity contribution in [2.45, 2.75) is 37.1 Å². The maximum atomic E-state index is 13.3. The number of hydrogen-bond donors (Lipinski definition) is 0. The number of halogens is 1. The van der Waals surface area contributed by atoms with Crippen LogP contribution in [0.5, 0.6) is 0 Å². The summed E-state index contributed by atoms with van der Waals surface area (Å²) in [4.78, 5) is 31.6. The lowest BCUT2D eigenvalue weighted by molar-refractivity contribution is -0.134. The molecule has 37 heavy (non-hydrogen) atoms. The van der Waals surface area contributed by atoms with Crippen molar-refractivity contribution in [1.82, 2.24) is 18.8 Å². The SMILES string of the molecule is CC(C)(C)OC(=O)n1ccc2c(CN3CCN(S(=O)(=O)c4cc5ccc(Cl)cc5s4)CC3=O)nccc21. The van der Waals surface area contributed by atoms with Gasteiger partial charge < -0.3 is 9.64 Å². The van der Waals surface area contributed by atoms with Crippen molar-refractivity contribution in [3.05, 3.63) is 59.5 Å². The first-order valence-corrected chi connectivity index (χ1v) is 14.2. The molecule has 1 aliphatic rings. The highest BCUT2D eigenvalue weighted by Crippen LogP contribution is 2.33. The molecule has 9 nitrogen and oxygen atoms in total. The van der Waals surface area contributed by atoms with E-state index in [1.165, 1.54) is 8.87 Å². The second kappa shape index (κ2) is 9.39. The predicted octanol–water partition coefficient (Wildman–Crippen LogP) is 4.72. The minimum absolute atomic E-state index is 0.165. The maximum absolute atomic E-state index is 13.3. The third kappa shape index (κ3) is 5.08. The number of nitrogens with zero attached hydrogens (tertiary/aromatic N) is 4. The van der Waals surface area contributed by atoms with Crippen LogP contribution in [-0.4, -0.2) is 64.4 Å². The summed E-state index contributed by atoms with van der Waals surface area (Å²) in [5.74, 6) is -0.315. The van der Waals surface area contributed by atoms with E-state index in [0.717, 1.165) is 26.8 Å². The molecule has 0 unspecified atom stereocenters. The Labute approximate surface area is 223 Å². The molecule has 194 valence electrons. The van der Waals surface area contributed by atoms with Crippen molar-refractivity contribution in [1.29, 1.82) is 0 Å². The van der Waals surface area contributed by atoms with Gasteiger partial charge in [-0.05, 0) is 56.5 Å². The number of thiophene rings is 1. The zero-order valence-electron chi connectivity index (χ0n) is 20.5. The Morgan fingerprint density at radius 1 is 1.16 bits per heavy atom. The fourth-order valence-electron chi connectivity index (χ4n) is 4.20.